The van der Waals surface area contributed by atoms with E-state index in [9.17, 15) is 0 Å². The van der Waals surface area contributed by atoms with Crippen molar-refractivity contribution in [3.05, 3.63) is 11.7 Å². The van der Waals surface area contributed by atoms with Crippen LogP contribution in [0.5, 0.6) is 0 Å². The minimum Gasteiger partial charge on any atom is -0.339 e. The van der Waals surface area contributed by atoms with Gasteiger partial charge in [0.05, 0.1) is 0 Å². The first-order chi connectivity index (χ1) is 7.33. The van der Waals surface area contributed by atoms with Gasteiger partial charge in [0.15, 0.2) is 5.82 Å². The molecule has 1 N–H and O–H groups in total. The zero-order chi connectivity index (χ0) is 10.7. The maximum Gasteiger partial charge on any atom is 0.228 e. The fourth-order valence-electron chi connectivity index (χ4n) is 1.84. The minimum atomic E-state index is 0.444. The molecule has 0 saturated heterocycles. The van der Waals surface area contributed by atoms with Gasteiger partial charge >= 0.3 is 0 Å². The SMILES string of the molecule is CCC(Cc1nc(C2CCC2)no1)NC. The summed E-state index contributed by atoms with van der Waals surface area (Å²) in [6, 6.07) is 0.444. The second-order valence-electron chi connectivity index (χ2n) is 4.27. The van der Waals surface area contributed by atoms with Crippen LogP contribution in [0.3, 0.4) is 0 Å². The number of rotatable bonds is 5. The van der Waals surface area contributed by atoms with Gasteiger partial charge in [-0.3, -0.25) is 0 Å². The maximum absolute atomic E-state index is 5.25. The molecular formula is C11H19N3O. The van der Waals surface area contributed by atoms with Gasteiger partial charge in [-0.25, -0.2) is 0 Å². The highest BCUT2D eigenvalue weighted by Gasteiger charge is 2.24. The Morgan fingerprint density at radius 1 is 1.53 bits per heavy atom. The lowest BCUT2D eigenvalue weighted by Gasteiger charge is -2.21. The van der Waals surface area contributed by atoms with E-state index in [4.69, 9.17) is 4.52 Å². The lowest BCUT2D eigenvalue weighted by atomic mass is 9.85. The van der Waals surface area contributed by atoms with Gasteiger partial charge in [-0.2, -0.15) is 4.98 Å². The van der Waals surface area contributed by atoms with Crippen LogP contribution < -0.4 is 5.32 Å². The van der Waals surface area contributed by atoms with E-state index in [1.165, 1.54) is 19.3 Å². The van der Waals surface area contributed by atoms with Crippen molar-refractivity contribution in [2.75, 3.05) is 7.05 Å². The molecule has 0 aromatic carbocycles. The molecule has 4 nitrogen and oxygen atoms in total. The van der Waals surface area contributed by atoms with Crippen molar-refractivity contribution in [1.82, 2.24) is 15.5 Å². The molecule has 1 unspecified atom stereocenters. The summed E-state index contributed by atoms with van der Waals surface area (Å²) in [5.74, 6) is 2.26. The van der Waals surface area contributed by atoms with Gasteiger partial charge in [-0.05, 0) is 26.3 Å². The Hall–Kier alpha value is -0.900. The summed E-state index contributed by atoms with van der Waals surface area (Å²) in [4.78, 5) is 4.45. The number of likely N-dealkylation sites (N-methyl/N-ethyl adjacent to an activating group) is 1. The van der Waals surface area contributed by atoms with Gasteiger partial charge in [-0.1, -0.05) is 18.5 Å². The average molecular weight is 209 g/mol. The summed E-state index contributed by atoms with van der Waals surface area (Å²) in [5, 5.41) is 7.28. The van der Waals surface area contributed by atoms with Gasteiger partial charge in [0.2, 0.25) is 5.89 Å². The first-order valence-corrected chi connectivity index (χ1v) is 5.83. The van der Waals surface area contributed by atoms with E-state index in [2.05, 4.69) is 22.4 Å². The van der Waals surface area contributed by atoms with E-state index in [1.54, 1.807) is 0 Å². The van der Waals surface area contributed by atoms with Crippen molar-refractivity contribution in [2.24, 2.45) is 0 Å². The summed E-state index contributed by atoms with van der Waals surface area (Å²) >= 11 is 0. The van der Waals surface area contributed by atoms with Crippen LogP contribution in [-0.2, 0) is 6.42 Å². The number of hydrogen-bond donors (Lipinski definition) is 1. The first kappa shape index (κ1) is 10.6. The second kappa shape index (κ2) is 4.75. The molecule has 84 valence electrons. The predicted molar refractivity (Wildman–Crippen MR) is 57.7 cm³/mol. The third kappa shape index (κ3) is 2.37. The lowest BCUT2D eigenvalue weighted by Crippen LogP contribution is -2.26. The topological polar surface area (TPSA) is 51.0 Å². The van der Waals surface area contributed by atoms with E-state index < -0.39 is 0 Å². The van der Waals surface area contributed by atoms with Crippen molar-refractivity contribution in [2.45, 2.75) is 51.0 Å². The average Bonchev–Trinajstić information content (AvgIpc) is 2.60. The zero-order valence-corrected chi connectivity index (χ0v) is 9.49. The highest BCUT2D eigenvalue weighted by Crippen LogP contribution is 2.34. The molecule has 0 bridgehead atoms. The van der Waals surface area contributed by atoms with E-state index in [1.807, 2.05) is 7.05 Å². The van der Waals surface area contributed by atoms with Crippen LogP contribution in [0.1, 0.15) is 50.2 Å². The smallest absolute Gasteiger partial charge is 0.228 e. The predicted octanol–water partition coefficient (Wildman–Crippen LogP) is 1.88. The molecule has 15 heavy (non-hydrogen) atoms. The van der Waals surface area contributed by atoms with E-state index in [0.29, 0.717) is 12.0 Å². The maximum atomic E-state index is 5.25. The zero-order valence-electron chi connectivity index (χ0n) is 9.49. The van der Waals surface area contributed by atoms with Crippen LogP contribution in [0, 0.1) is 0 Å². The highest BCUT2D eigenvalue weighted by molar-refractivity contribution is 5.00. The normalized spacial score (nSPS) is 18.8. The molecule has 1 saturated carbocycles. The number of hydrogen-bond acceptors (Lipinski definition) is 4. The Bertz CT molecular complexity index is 303. The van der Waals surface area contributed by atoms with Gasteiger partial charge in [0, 0.05) is 18.4 Å². The molecule has 2 rings (SSSR count). The summed E-state index contributed by atoms with van der Waals surface area (Å²) in [5.41, 5.74) is 0. The molecule has 1 aromatic rings. The van der Waals surface area contributed by atoms with E-state index in [0.717, 1.165) is 24.6 Å². The second-order valence-corrected chi connectivity index (χ2v) is 4.27. The summed E-state index contributed by atoms with van der Waals surface area (Å²) in [7, 11) is 1.97. The molecule has 1 fully saturated rings. The van der Waals surface area contributed by atoms with E-state index in [-0.39, 0.29) is 0 Å². The molecule has 0 amide bonds. The minimum absolute atomic E-state index is 0.444. The van der Waals surface area contributed by atoms with Crippen LogP contribution in [-0.4, -0.2) is 23.2 Å². The molecule has 0 radical (unpaired) electrons. The molecule has 1 aromatic heterocycles. The van der Waals surface area contributed by atoms with Crippen molar-refractivity contribution in [1.29, 1.82) is 0 Å². The Kier molecular flexibility index (Phi) is 3.36. The van der Waals surface area contributed by atoms with E-state index >= 15 is 0 Å². The molecule has 1 aliphatic carbocycles. The van der Waals surface area contributed by atoms with Crippen molar-refractivity contribution < 1.29 is 4.52 Å². The van der Waals surface area contributed by atoms with Crippen molar-refractivity contribution in [3.63, 3.8) is 0 Å². The molecule has 1 heterocycles. The third-order valence-electron chi connectivity index (χ3n) is 3.28. The Balaban J connectivity index is 1.94. The molecule has 1 aliphatic rings. The molecule has 0 aliphatic heterocycles. The Morgan fingerprint density at radius 3 is 2.87 bits per heavy atom. The third-order valence-corrected chi connectivity index (χ3v) is 3.28. The van der Waals surface area contributed by atoms with Gasteiger partial charge in [0.1, 0.15) is 0 Å². The fraction of sp³-hybridized carbons (Fsp3) is 0.818. The van der Waals surface area contributed by atoms with Crippen LogP contribution in [0.15, 0.2) is 4.52 Å². The largest absolute Gasteiger partial charge is 0.339 e. The number of aromatic nitrogens is 2. The van der Waals surface area contributed by atoms with Crippen LogP contribution in [0.25, 0.3) is 0 Å². The highest BCUT2D eigenvalue weighted by atomic mass is 16.5. The Morgan fingerprint density at radius 2 is 2.33 bits per heavy atom. The molecule has 1 atom stereocenters. The fourth-order valence-corrected chi connectivity index (χ4v) is 1.84. The van der Waals surface area contributed by atoms with Crippen LogP contribution in [0.2, 0.25) is 0 Å². The van der Waals surface area contributed by atoms with Crippen LogP contribution in [0.4, 0.5) is 0 Å². The monoisotopic (exact) mass is 209 g/mol. The van der Waals surface area contributed by atoms with Crippen molar-refractivity contribution >= 4 is 0 Å². The first-order valence-electron chi connectivity index (χ1n) is 5.83. The molecule has 0 spiro atoms. The molecule has 4 heteroatoms. The van der Waals surface area contributed by atoms with Gasteiger partial charge in [-0.15, -0.1) is 0 Å². The summed E-state index contributed by atoms with van der Waals surface area (Å²) < 4.78 is 5.25. The van der Waals surface area contributed by atoms with Crippen LogP contribution >= 0.6 is 0 Å². The van der Waals surface area contributed by atoms with Crippen molar-refractivity contribution in [3.8, 4) is 0 Å². The number of nitrogens with zero attached hydrogens (tertiary/aromatic N) is 2. The quantitative estimate of drug-likeness (QED) is 0.804. The van der Waals surface area contributed by atoms with Gasteiger partial charge in [0.25, 0.3) is 0 Å². The Labute approximate surface area is 90.4 Å². The lowest BCUT2D eigenvalue weighted by molar-refractivity contribution is 0.337. The summed E-state index contributed by atoms with van der Waals surface area (Å²) in [6.45, 7) is 2.16. The van der Waals surface area contributed by atoms with Gasteiger partial charge < -0.3 is 9.84 Å². The molecular weight excluding hydrogens is 190 g/mol. The summed E-state index contributed by atoms with van der Waals surface area (Å²) in [6.07, 6.45) is 5.68. The number of nitrogens with one attached hydrogen (secondary N) is 1. The standard InChI is InChI=1S/C11H19N3O/c1-3-9(12-2)7-10-13-11(14-15-10)8-5-4-6-8/h8-9,12H,3-7H2,1-2H3.